The molecule has 0 heterocycles. The Labute approximate surface area is 123 Å². The number of nitrogens with one attached hydrogen (secondary N) is 1. The topological polar surface area (TPSA) is 89.3 Å². The Kier molecular flexibility index (Phi) is 5.73. The molecule has 114 valence electrons. The van der Waals surface area contributed by atoms with Gasteiger partial charge in [-0.25, -0.2) is 13.1 Å². The van der Waals surface area contributed by atoms with Crippen molar-refractivity contribution >= 4 is 26.5 Å². The molecular weight excluding hydrogens is 296 g/mol. The number of nitrogens with two attached hydrogens (primary N) is 1. The van der Waals surface area contributed by atoms with Crippen LogP contribution in [-0.4, -0.2) is 30.7 Å². The first-order valence-corrected chi connectivity index (χ1v) is 9.53. The van der Waals surface area contributed by atoms with Crippen LogP contribution in [0.5, 0.6) is 0 Å². The van der Waals surface area contributed by atoms with Crippen LogP contribution in [0.15, 0.2) is 17.0 Å². The van der Waals surface area contributed by atoms with E-state index in [4.69, 9.17) is 5.73 Å². The average Bonchev–Trinajstić information content (AvgIpc) is 2.32. The maximum absolute atomic E-state index is 12.3. The molecule has 0 aliphatic carbocycles. The van der Waals surface area contributed by atoms with Gasteiger partial charge in [-0.05, 0) is 50.5 Å². The fraction of sp³-hybridized carbons (Fsp3) is 0.538. The average molecular weight is 318 g/mol. The van der Waals surface area contributed by atoms with Crippen molar-refractivity contribution in [3.05, 3.63) is 23.3 Å². The normalized spacial score (nSPS) is 15.0. The summed E-state index contributed by atoms with van der Waals surface area (Å²) in [4.78, 5) is 0.169. The highest BCUT2D eigenvalue weighted by molar-refractivity contribution is 7.89. The summed E-state index contributed by atoms with van der Waals surface area (Å²) in [6.45, 7) is 5.44. The van der Waals surface area contributed by atoms with Crippen LogP contribution in [0.1, 0.15) is 24.5 Å². The molecule has 0 aliphatic heterocycles. The molecule has 0 bridgehead atoms. The molecule has 0 radical (unpaired) electrons. The van der Waals surface area contributed by atoms with E-state index in [0.717, 1.165) is 11.1 Å². The monoisotopic (exact) mass is 318 g/mol. The third-order valence-electron chi connectivity index (χ3n) is 3.19. The largest absolute Gasteiger partial charge is 0.398 e. The van der Waals surface area contributed by atoms with Gasteiger partial charge in [-0.3, -0.25) is 4.21 Å². The van der Waals surface area contributed by atoms with Crippen LogP contribution in [0.25, 0.3) is 0 Å². The van der Waals surface area contributed by atoms with Gasteiger partial charge in [-0.1, -0.05) is 0 Å². The van der Waals surface area contributed by atoms with Gasteiger partial charge in [0.05, 0.1) is 4.90 Å². The van der Waals surface area contributed by atoms with E-state index in [0.29, 0.717) is 17.9 Å². The summed E-state index contributed by atoms with van der Waals surface area (Å²) in [6.07, 6.45) is 2.13. The SMILES string of the molecule is Cc1cc(S(=O)(=O)NC(C)CCS(C)=O)cc(N)c1C. The Morgan fingerprint density at radius 3 is 2.45 bits per heavy atom. The van der Waals surface area contributed by atoms with Gasteiger partial charge < -0.3 is 5.73 Å². The summed E-state index contributed by atoms with van der Waals surface area (Å²) in [6, 6.07) is 2.81. The minimum atomic E-state index is -3.60. The van der Waals surface area contributed by atoms with E-state index in [1.807, 2.05) is 13.8 Å². The Morgan fingerprint density at radius 2 is 1.95 bits per heavy atom. The number of hydrogen-bond donors (Lipinski definition) is 2. The summed E-state index contributed by atoms with van der Waals surface area (Å²) in [5.74, 6) is 0.471. The molecule has 20 heavy (non-hydrogen) atoms. The number of benzene rings is 1. The van der Waals surface area contributed by atoms with E-state index in [9.17, 15) is 12.6 Å². The molecule has 2 unspecified atom stereocenters. The van der Waals surface area contributed by atoms with E-state index in [-0.39, 0.29) is 10.9 Å². The van der Waals surface area contributed by atoms with Crippen LogP contribution < -0.4 is 10.5 Å². The molecule has 5 nitrogen and oxygen atoms in total. The highest BCUT2D eigenvalue weighted by Gasteiger charge is 2.19. The quantitative estimate of drug-likeness (QED) is 0.774. The smallest absolute Gasteiger partial charge is 0.240 e. The minimum Gasteiger partial charge on any atom is -0.398 e. The van der Waals surface area contributed by atoms with Crippen molar-refractivity contribution in [3.63, 3.8) is 0 Å². The van der Waals surface area contributed by atoms with Gasteiger partial charge in [0.15, 0.2) is 0 Å². The van der Waals surface area contributed by atoms with Crippen LogP contribution in [0.2, 0.25) is 0 Å². The standard InChI is InChI=1S/C13H22N2O3S2/c1-9-7-12(8-13(14)11(9)3)20(17,18)15-10(2)5-6-19(4)16/h7-8,10,15H,5-6,14H2,1-4H3. The van der Waals surface area contributed by atoms with Crippen LogP contribution in [0.4, 0.5) is 5.69 Å². The zero-order valence-corrected chi connectivity index (χ0v) is 13.9. The zero-order valence-electron chi connectivity index (χ0n) is 12.3. The van der Waals surface area contributed by atoms with Gasteiger partial charge in [-0.2, -0.15) is 0 Å². The van der Waals surface area contributed by atoms with Gasteiger partial charge >= 0.3 is 0 Å². The lowest BCUT2D eigenvalue weighted by molar-refractivity contribution is 0.555. The summed E-state index contributed by atoms with van der Waals surface area (Å²) >= 11 is 0. The third kappa shape index (κ3) is 4.57. The summed E-state index contributed by atoms with van der Waals surface area (Å²) in [5, 5.41) is 0. The highest BCUT2D eigenvalue weighted by Crippen LogP contribution is 2.21. The molecule has 1 rings (SSSR count). The van der Waals surface area contributed by atoms with E-state index in [1.54, 1.807) is 19.2 Å². The predicted octanol–water partition coefficient (Wildman–Crippen LogP) is 1.32. The fourth-order valence-corrected chi connectivity index (χ4v) is 3.83. The number of sulfonamides is 1. The highest BCUT2D eigenvalue weighted by atomic mass is 32.2. The third-order valence-corrected chi connectivity index (χ3v) is 5.57. The van der Waals surface area contributed by atoms with E-state index in [2.05, 4.69) is 4.72 Å². The van der Waals surface area contributed by atoms with Crippen LogP contribution in [0.3, 0.4) is 0 Å². The molecule has 0 saturated carbocycles. The molecule has 0 spiro atoms. The van der Waals surface area contributed by atoms with Gasteiger partial charge in [0.2, 0.25) is 10.0 Å². The molecule has 0 aromatic heterocycles. The molecule has 0 amide bonds. The van der Waals surface area contributed by atoms with Crippen molar-refractivity contribution < 1.29 is 12.6 Å². The molecule has 1 aromatic carbocycles. The van der Waals surface area contributed by atoms with Gasteiger partial charge in [-0.15, -0.1) is 0 Å². The Morgan fingerprint density at radius 1 is 1.35 bits per heavy atom. The zero-order chi connectivity index (χ0) is 15.5. The van der Waals surface area contributed by atoms with Crippen molar-refractivity contribution in [2.45, 2.75) is 38.1 Å². The van der Waals surface area contributed by atoms with Gasteiger partial charge in [0, 0.05) is 34.5 Å². The molecule has 0 saturated heterocycles. The maximum atomic E-state index is 12.3. The number of hydrogen-bond acceptors (Lipinski definition) is 4. The minimum absolute atomic E-state index is 0.169. The van der Waals surface area contributed by atoms with E-state index < -0.39 is 20.8 Å². The van der Waals surface area contributed by atoms with Crippen molar-refractivity contribution in [2.75, 3.05) is 17.7 Å². The molecule has 0 aliphatic rings. The second kappa shape index (κ2) is 6.69. The van der Waals surface area contributed by atoms with E-state index >= 15 is 0 Å². The van der Waals surface area contributed by atoms with Crippen molar-refractivity contribution in [1.82, 2.24) is 4.72 Å². The number of nitrogen functional groups attached to an aromatic ring is 1. The second-order valence-corrected chi connectivity index (χ2v) is 8.31. The first kappa shape index (κ1) is 17.1. The number of rotatable bonds is 6. The fourth-order valence-electron chi connectivity index (χ4n) is 1.74. The predicted molar refractivity (Wildman–Crippen MR) is 83.7 cm³/mol. The Bertz CT molecular complexity index is 589. The van der Waals surface area contributed by atoms with Crippen molar-refractivity contribution in [3.8, 4) is 0 Å². The van der Waals surface area contributed by atoms with Crippen molar-refractivity contribution in [1.29, 1.82) is 0 Å². The van der Waals surface area contributed by atoms with Crippen LogP contribution >= 0.6 is 0 Å². The maximum Gasteiger partial charge on any atom is 0.240 e. The van der Waals surface area contributed by atoms with Crippen LogP contribution in [0, 0.1) is 13.8 Å². The van der Waals surface area contributed by atoms with Gasteiger partial charge in [0.25, 0.3) is 0 Å². The lowest BCUT2D eigenvalue weighted by atomic mass is 10.1. The Balaban J connectivity index is 2.91. The van der Waals surface area contributed by atoms with Crippen LogP contribution in [-0.2, 0) is 20.8 Å². The molecule has 0 fully saturated rings. The number of aryl methyl sites for hydroxylation is 1. The molecule has 2 atom stereocenters. The van der Waals surface area contributed by atoms with Crippen molar-refractivity contribution in [2.24, 2.45) is 0 Å². The molecule has 1 aromatic rings. The van der Waals surface area contributed by atoms with E-state index in [1.165, 1.54) is 6.07 Å². The lowest BCUT2D eigenvalue weighted by Gasteiger charge is -2.15. The van der Waals surface area contributed by atoms with Gasteiger partial charge in [0.1, 0.15) is 0 Å². The summed E-state index contributed by atoms with van der Waals surface area (Å²) in [7, 11) is -4.52. The first-order valence-electron chi connectivity index (χ1n) is 6.32. The Hall–Kier alpha value is -0.920. The summed E-state index contributed by atoms with van der Waals surface area (Å²) < 4.78 is 38.1. The molecular formula is C13H22N2O3S2. The first-order chi connectivity index (χ1) is 9.13. The second-order valence-electron chi connectivity index (χ2n) is 5.04. The molecule has 3 N–H and O–H groups in total. The lowest BCUT2D eigenvalue weighted by Crippen LogP contribution is -2.33. The number of anilines is 1. The molecule has 7 heteroatoms. The summed E-state index contributed by atoms with van der Waals surface area (Å²) in [5.41, 5.74) is 8.01.